The van der Waals surface area contributed by atoms with Gasteiger partial charge in [0, 0.05) is 23.6 Å². The number of hydrogen-bond acceptors (Lipinski definition) is 4. The van der Waals surface area contributed by atoms with E-state index in [1.807, 2.05) is 74.8 Å². The van der Waals surface area contributed by atoms with Crippen LogP contribution in [0.1, 0.15) is 0 Å². The number of benzene rings is 2. The fourth-order valence-corrected chi connectivity index (χ4v) is 2.28. The van der Waals surface area contributed by atoms with Crippen LogP contribution in [-0.4, -0.2) is 32.1 Å². The summed E-state index contributed by atoms with van der Waals surface area (Å²) in [5, 5.41) is 6.03. The third kappa shape index (κ3) is 3.79. The van der Waals surface area contributed by atoms with E-state index in [1.54, 1.807) is 0 Å². The summed E-state index contributed by atoms with van der Waals surface area (Å²) in [6.07, 6.45) is 0. The van der Waals surface area contributed by atoms with Crippen LogP contribution >= 0.6 is 0 Å². The Hall–Kier alpha value is -2.59. The van der Waals surface area contributed by atoms with Gasteiger partial charge in [-0.2, -0.15) is 0 Å². The van der Waals surface area contributed by atoms with Crippen LogP contribution in [0.2, 0.25) is 0 Å². The highest BCUT2D eigenvalue weighted by atomic mass is 16.6. The predicted octanol–water partition coefficient (Wildman–Crippen LogP) is 3.49. The summed E-state index contributed by atoms with van der Waals surface area (Å²) in [7, 11) is 4.02. The first-order chi connectivity index (χ1) is 11.2. The second kappa shape index (κ2) is 7.11. The molecule has 0 bridgehead atoms. The van der Waals surface area contributed by atoms with Crippen molar-refractivity contribution in [3.63, 3.8) is 0 Å². The molecule has 1 heterocycles. The maximum atomic E-state index is 6.01. The van der Waals surface area contributed by atoms with Gasteiger partial charge >= 0.3 is 0 Å². The van der Waals surface area contributed by atoms with Crippen molar-refractivity contribution in [2.24, 2.45) is 5.16 Å². The van der Waals surface area contributed by atoms with Crippen LogP contribution in [0.5, 0.6) is 0 Å². The quantitative estimate of drug-likeness (QED) is 0.535. The zero-order valence-electron chi connectivity index (χ0n) is 13.4. The van der Waals surface area contributed by atoms with Crippen molar-refractivity contribution in [2.75, 3.05) is 27.2 Å². The number of hydrogen-bond donors (Lipinski definition) is 0. The second-order valence-electron chi connectivity index (χ2n) is 5.59. The Bertz CT molecular complexity index is 839. The van der Waals surface area contributed by atoms with Gasteiger partial charge < -0.3 is 14.2 Å². The zero-order valence-corrected chi connectivity index (χ0v) is 13.4. The van der Waals surface area contributed by atoms with Gasteiger partial charge in [-0.25, -0.2) is 0 Å². The van der Waals surface area contributed by atoms with E-state index in [4.69, 9.17) is 9.25 Å². The second-order valence-corrected chi connectivity index (χ2v) is 5.59. The van der Waals surface area contributed by atoms with Crippen LogP contribution < -0.4 is 5.36 Å². The highest BCUT2D eigenvalue weighted by molar-refractivity contribution is 5.78. The molecule has 0 aliphatic carbocycles. The average Bonchev–Trinajstić information content (AvgIpc) is 2.59. The highest BCUT2D eigenvalue weighted by Gasteiger charge is 2.05. The lowest BCUT2D eigenvalue weighted by Gasteiger charge is -2.08. The van der Waals surface area contributed by atoms with Gasteiger partial charge in [0.2, 0.25) is 0 Å². The Kier molecular flexibility index (Phi) is 4.74. The van der Waals surface area contributed by atoms with Crippen LogP contribution in [0.15, 0.2) is 70.2 Å². The molecule has 0 N–H and O–H groups in total. The maximum absolute atomic E-state index is 6.01. The molecule has 0 aliphatic rings. The van der Waals surface area contributed by atoms with Crippen molar-refractivity contribution in [1.29, 1.82) is 0 Å². The summed E-state index contributed by atoms with van der Waals surface area (Å²) >= 11 is 0. The van der Waals surface area contributed by atoms with Gasteiger partial charge in [0.05, 0.1) is 0 Å². The van der Waals surface area contributed by atoms with E-state index < -0.39 is 0 Å². The Morgan fingerprint density at radius 1 is 1.00 bits per heavy atom. The lowest BCUT2D eigenvalue weighted by molar-refractivity contribution is 0.117. The van der Waals surface area contributed by atoms with E-state index in [9.17, 15) is 0 Å². The summed E-state index contributed by atoms with van der Waals surface area (Å²) in [5.41, 5.74) is 1.81. The molecule has 3 rings (SSSR count). The van der Waals surface area contributed by atoms with E-state index in [2.05, 4.69) is 10.1 Å². The minimum atomic E-state index is 0.550. The Balaban J connectivity index is 2.03. The van der Waals surface area contributed by atoms with E-state index >= 15 is 0 Å². The fraction of sp³-hybridized carbons (Fsp3) is 0.211. The summed E-state index contributed by atoms with van der Waals surface area (Å²) in [6.45, 7) is 1.37. The molecule has 0 amide bonds. The van der Waals surface area contributed by atoms with Crippen molar-refractivity contribution in [3.05, 3.63) is 66.0 Å². The van der Waals surface area contributed by atoms with Gasteiger partial charge in [0.1, 0.15) is 23.3 Å². The van der Waals surface area contributed by atoms with Crippen molar-refractivity contribution in [2.45, 2.75) is 0 Å². The summed E-state index contributed by atoms with van der Waals surface area (Å²) in [6, 6.07) is 19.8. The third-order valence-electron chi connectivity index (χ3n) is 3.50. The molecule has 4 heteroatoms. The zero-order chi connectivity index (χ0) is 16.1. The average molecular weight is 308 g/mol. The van der Waals surface area contributed by atoms with Gasteiger partial charge in [-0.1, -0.05) is 47.6 Å². The van der Waals surface area contributed by atoms with Crippen molar-refractivity contribution in [3.8, 4) is 11.3 Å². The Morgan fingerprint density at radius 3 is 2.52 bits per heavy atom. The minimum Gasteiger partial charge on any atom is -0.456 e. The molecular weight excluding hydrogens is 288 g/mol. The number of rotatable bonds is 5. The minimum absolute atomic E-state index is 0.550. The molecule has 1 aromatic heterocycles. The van der Waals surface area contributed by atoms with Crippen LogP contribution in [0.3, 0.4) is 0 Å². The molecule has 4 nitrogen and oxygen atoms in total. The number of para-hydroxylation sites is 1. The van der Waals surface area contributed by atoms with Gasteiger partial charge in [-0.3, -0.25) is 0 Å². The first kappa shape index (κ1) is 15.3. The Labute approximate surface area is 135 Å². The van der Waals surface area contributed by atoms with E-state index in [0.717, 1.165) is 34.2 Å². The molecule has 0 unspecified atom stereocenters. The normalized spacial score (nSPS) is 12.0. The molecule has 0 saturated carbocycles. The molecule has 23 heavy (non-hydrogen) atoms. The molecule has 3 aromatic rings. The molecule has 0 fully saturated rings. The molecule has 0 aliphatic heterocycles. The SMILES string of the molecule is CN(C)CCO/N=c1/cc(-c2ccccc2)oc2ccccc12. The summed E-state index contributed by atoms with van der Waals surface area (Å²) < 4.78 is 6.01. The smallest absolute Gasteiger partial charge is 0.136 e. The summed E-state index contributed by atoms with van der Waals surface area (Å²) in [4.78, 5) is 7.53. The largest absolute Gasteiger partial charge is 0.456 e. The van der Waals surface area contributed by atoms with Crippen molar-refractivity contribution < 1.29 is 9.25 Å². The summed E-state index contributed by atoms with van der Waals surface area (Å²) in [5.74, 6) is 0.777. The first-order valence-electron chi connectivity index (χ1n) is 7.63. The van der Waals surface area contributed by atoms with E-state index in [0.29, 0.717) is 6.61 Å². The number of nitrogens with zero attached hydrogens (tertiary/aromatic N) is 2. The van der Waals surface area contributed by atoms with Gasteiger partial charge in [0.15, 0.2) is 0 Å². The lowest BCUT2D eigenvalue weighted by Crippen LogP contribution is -2.17. The van der Waals surface area contributed by atoms with Crippen LogP contribution in [0, 0.1) is 0 Å². The van der Waals surface area contributed by atoms with E-state index in [-0.39, 0.29) is 0 Å². The lowest BCUT2D eigenvalue weighted by atomic mass is 10.1. The maximum Gasteiger partial charge on any atom is 0.136 e. The van der Waals surface area contributed by atoms with Gasteiger partial charge in [-0.05, 0) is 26.2 Å². The molecule has 0 radical (unpaired) electrons. The fourth-order valence-electron chi connectivity index (χ4n) is 2.28. The van der Waals surface area contributed by atoms with E-state index in [1.165, 1.54) is 0 Å². The Morgan fingerprint density at radius 2 is 1.74 bits per heavy atom. The number of likely N-dealkylation sites (N-methyl/N-ethyl adjacent to an activating group) is 1. The standard InChI is InChI=1S/C19H20N2O2/c1-21(2)12-13-22-20-17-14-19(15-8-4-3-5-9-15)23-18-11-7-6-10-16(17)18/h3-11,14H,12-13H2,1-2H3/b20-17-. The first-order valence-corrected chi connectivity index (χ1v) is 7.63. The van der Waals surface area contributed by atoms with Crippen molar-refractivity contribution in [1.82, 2.24) is 4.90 Å². The predicted molar refractivity (Wildman–Crippen MR) is 91.7 cm³/mol. The van der Waals surface area contributed by atoms with Gasteiger partial charge in [-0.15, -0.1) is 0 Å². The highest BCUT2D eigenvalue weighted by Crippen LogP contribution is 2.21. The monoisotopic (exact) mass is 308 g/mol. The molecule has 0 atom stereocenters. The number of fused-ring (bicyclic) bond motifs is 1. The van der Waals surface area contributed by atoms with Crippen molar-refractivity contribution >= 4 is 11.0 Å². The van der Waals surface area contributed by atoms with Crippen LogP contribution in [0.25, 0.3) is 22.3 Å². The third-order valence-corrected chi connectivity index (χ3v) is 3.50. The molecule has 2 aromatic carbocycles. The molecule has 0 spiro atoms. The topological polar surface area (TPSA) is 38.0 Å². The molecule has 118 valence electrons. The molecular formula is C19H20N2O2. The van der Waals surface area contributed by atoms with Gasteiger partial charge in [0.25, 0.3) is 0 Å². The van der Waals surface area contributed by atoms with Crippen LogP contribution in [-0.2, 0) is 4.84 Å². The molecule has 0 saturated heterocycles. The van der Waals surface area contributed by atoms with Crippen LogP contribution in [0.4, 0.5) is 0 Å².